The number of oxime groups is 1. The van der Waals surface area contributed by atoms with Gasteiger partial charge < -0.3 is 25.2 Å². The van der Waals surface area contributed by atoms with Gasteiger partial charge in [0.15, 0.2) is 17.3 Å². The molecule has 0 heterocycles. The molecule has 0 aliphatic rings. The number of rotatable bonds is 7. The second-order valence-corrected chi connectivity index (χ2v) is 4.06. The Morgan fingerprint density at radius 2 is 2.11 bits per heavy atom. The van der Waals surface area contributed by atoms with Crippen LogP contribution in [-0.2, 0) is 4.74 Å². The number of hydrogen-bond acceptors (Lipinski definition) is 5. The molecule has 1 aromatic carbocycles. The van der Waals surface area contributed by atoms with Gasteiger partial charge in [0, 0.05) is 25.7 Å². The second kappa shape index (κ2) is 7.48. The molecule has 0 aromatic heterocycles. The van der Waals surface area contributed by atoms with Crippen LogP contribution in [0.5, 0.6) is 11.5 Å². The fourth-order valence-electron chi connectivity index (χ4n) is 1.54. The highest BCUT2D eigenvalue weighted by Gasteiger charge is 2.11. The van der Waals surface area contributed by atoms with Crippen molar-refractivity contribution in [1.82, 2.24) is 0 Å². The van der Waals surface area contributed by atoms with Gasteiger partial charge >= 0.3 is 0 Å². The molecule has 1 atom stereocenters. The van der Waals surface area contributed by atoms with Crippen LogP contribution < -0.4 is 15.2 Å². The molecule has 0 bridgehead atoms. The van der Waals surface area contributed by atoms with E-state index in [2.05, 4.69) is 5.16 Å². The number of hydrogen-bond donors (Lipinski definition) is 2. The van der Waals surface area contributed by atoms with Gasteiger partial charge in [0.05, 0.1) is 13.2 Å². The molecule has 0 aliphatic heterocycles. The van der Waals surface area contributed by atoms with Crippen LogP contribution >= 0.6 is 0 Å². The van der Waals surface area contributed by atoms with Gasteiger partial charge in [-0.2, -0.15) is 0 Å². The summed E-state index contributed by atoms with van der Waals surface area (Å²) in [6.45, 7) is 2.58. The third-order valence-corrected chi connectivity index (χ3v) is 2.62. The minimum Gasteiger partial charge on any atom is -0.493 e. The monoisotopic (exact) mass is 268 g/mol. The maximum Gasteiger partial charge on any atom is 0.170 e. The molecule has 3 N–H and O–H groups in total. The third-order valence-electron chi connectivity index (χ3n) is 2.62. The Kier molecular flexibility index (Phi) is 5.95. The van der Waals surface area contributed by atoms with Crippen molar-refractivity contribution in [3.05, 3.63) is 23.8 Å². The highest BCUT2D eigenvalue weighted by Crippen LogP contribution is 2.29. The molecular weight excluding hydrogens is 248 g/mol. The van der Waals surface area contributed by atoms with Gasteiger partial charge in [-0.3, -0.25) is 0 Å². The highest BCUT2D eigenvalue weighted by molar-refractivity contribution is 5.97. The minimum absolute atomic E-state index is 0.00329. The maximum atomic E-state index is 8.64. The number of methoxy groups -OCH3 is 2. The standard InChI is InChI=1S/C13H20N2O4/c1-9(6-7-17-2)19-11-5-4-10(13(14)15-16)8-12(11)18-3/h4-5,8-9,16H,6-7H2,1-3H3,(H2,14,15). The molecule has 0 fully saturated rings. The van der Waals surface area contributed by atoms with Crippen LogP contribution in [0.1, 0.15) is 18.9 Å². The Labute approximate surface area is 112 Å². The average Bonchev–Trinajstić information content (AvgIpc) is 2.44. The van der Waals surface area contributed by atoms with Crippen LogP contribution in [-0.4, -0.2) is 38.0 Å². The molecule has 1 aromatic rings. The first kappa shape index (κ1) is 15.1. The molecule has 0 aliphatic carbocycles. The predicted octanol–water partition coefficient (Wildman–Crippen LogP) is 1.59. The van der Waals surface area contributed by atoms with Crippen molar-refractivity contribution < 1.29 is 19.4 Å². The van der Waals surface area contributed by atoms with E-state index in [9.17, 15) is 0 Å². The zero-order valence-corrected chi connectivity index (χ0v) is 11.4. The van der Waals surface area contributed by atoms with Crippen molar-refractivity contribution in [2.75, 3.05) is 20.8 Å². The van der Waals surface area contributed by atoms with E-state index in [-0.39, 0.29) is 11.9 Å². The summed E-state index contributed by atoms with van der Waals surface area (Å²) in [5.74, 6) is 1.17. The molecule has 0 spiro atoms. The molecule has 1 rings (SSSR count). The van der Waals surface area contributed by atoms with Gasteiger partial charge in [-0.1, -0.05) is 5.16 Å². The lowest BCUT2D eigenvalue weighted by Crippen LogP contribution is -2.16. The van der Waals surface area contributed by atoms with Crippen molar-refractivity contribution in [2.45, 2.75) is 19.4 Å². The van der Waals surface area contributed by atoms with Crippen molar-refractivity contribution in [3.8, 4) is 11.5 Å². The Balaban J connectivity index is 2.84. The summed E-state index contributed by atoms with van der Waals surface area (Å²) in [5.41, 5.74) is 6.09. The molecule has 19 heavy (non-hydrogen) atoms. The SMILES string of the molecule is COCCC(C)Oc1ccc(/C(N)=N/O)cc1OC. The van der Waals surface area contributed by atoms with E-state index >= 15 is 0 Å². The minimum atomic E-state index is 0.00329. The van der Waals surface area contributed by atoms with E-state index in [0.29, 0.717) is 23.7 Å². The molecule has 0 saturated heterocycles. The summed E-state index contributed by atoms with van der Waals surface area (Å²) in [6, 6.07) is 5.10. The largest absolute Gasteiger partial charge is 0.493 e. The number of nitrogens with zero attached hydrogens (tertiary/aromatic N) is 1. The van der Waals surface area contributed by atoms with Crippen LogP contribution in [0.4, 0.5) is 0 Å². The molecule has 0 amide bonds. The Morgan fingerprint density at radius 3 is 2.68 bits per heavy atom. The number of benzene rings is 1. The molecule has 106 valence electrons. The van der Waals surface area contributed by atoms with E-state index in [0.717, 1.165) is 6.42 Å². The van der Waals surface area contributed by atoms with Crippen molar-refractivity contribution in [2.24, 2.45) is 10.9 Å². The molecule has 0 saturated carbocycles. The average molecular weight is 268 g/mol. The predicted molar refractivity (Wildman–Crippen MR) is 72.1 cm³/mol. The van der Waals surface area contributed by atoms with Crippen LogP contribution in [0.2, 0.25) is 0 Å². The van der Waals surface area contributed by atoms with Gasteiger partial charge in [-0.25, -0.2) is 0 Å². The van der Waals surface area contributed by atoms with Crippen molar-refractivity contribution in [3.63, 3.8) is 0 Å². The Bertz CT molecular complexity index is 435. The molecule has 1 unspecified atom stereocenters. The first-order valence-electron chi connectivity index (χ1n) is 5.94. The van der Waals surface area contributed by atoms with Crippen molar-refractivity contribution >= 4 is 5.84 Å². The lowest BCUT2D eigenvalue weighted by Gasteiger charge is -2.17. The maximum absolute atomic E-state index is 8.64. The second-order valence-electron chi connectivity index (χ2n) is 4.06. The number of nitrogens with two attached hydrogens (primary N) is 1. The lowest BCUT2D eigenvalue weighted by atomic mass is 10.2. The topological polar surface area (TPSA) is 86.3 Å². The van der Waals surface area contributed by atoms with Crippen LogP contribution in [0.25, 0.3) is 0 Å². The van der Waals surface area contributed by atoms with E-state index in [1.807, 2.05) is 6.92 Å². The first-order valence-corrected chi connectivity index (χ1v) is 5.94. The Morgan fingerprint density at radius 1 is 1.37 bits per heavy atom. The third kappa shape index (κ3) is 4.33. The lowest BCUT2D eigenvalue weighted by molar-refractivity contribution is 0.132. The molecular formula is C13H20N2O4. The van der Waals surface area contributed by atoms with Gasteiger partial charge in [-0.15, -0.1) is 0 Å². The van der Waals surface area contributed by atoms with Crippen molar-refractivity contribution in [1.29, 1.82) is 0 Å². The fourth-order valence-corrected chi connectivity index (χ4v) is 1.54. The number of ether oxygens (including phenoxy) is 3. The summed E-state index contributed by atoms with van der Waals surface area (Å²) >= 11 is 0. The smallest absolute Gasteiger partial charge is 0.170 e. The summed E-state index contributed by atoms with van der Waals surface area (Å²) in [4.78, 5) is 0. The van der Waals surface area contributed by atoms with Crippen LogP contribution in [0, 0.1) is 0 Å². The summed E-state index contributed by atoms with van der Waals surface area (Å²) in [5, 5.41) is 11.6. The normalized spacial score (nSPS) is 13.1. The van der Waals surface area contributed by atoms with Crippen LogP contribution in [0.3, 0.4) is 0 Å². The number of amidine groups is 1. The quantitative estimate of drug-likeness (QED) is 0.339. The summed E-state index contributed by atoms with van der Waals surface area (Å²) in [6.07, 6.45) is 0.783. The summed E-state index contributed by atoms with van der Waals surface area (Å²) in [7, 11) is 3.19. The van der Waals surface area contributed by atoms with Crippen LogP contribution in [0.15, 0.2) is 23.4 Å². The summed E-state index contributed by atoms with van der Waals surface area (Å²) < 4.78 is 16.0. The van der Waals surface area contributed by atoms with Gasteiger partial charge in [-0.05, 0) is 25.1 Å². The van der Waals surface area contributed by atoms with Gasteiger partial charge in [0.2, 0.25) is 0 Å². The fraction of sp³-hybridized carbons (Fsp3) is 0.462. The zero-order valence-electron chi connectivity index (χ0n) is 11.4. The van der Waals surface area contributed by atoms with E-state index in [4.69, 9.17) is 25.2 Å². The van der Waals surface area contributed by atoms with E-state index in [1.165, 1.54) is 7.11 Å². The van der Waals surface area contributed by atoms with E-state index in [1.54, 1.807) is 25.3 Å². The zero-order chi connectivity index (χ0) is 14.3. The van der Waals surface area contributed by atoms with Gasteiger partial charge in [0.25, 0.3) is 0 Å². The highest BCUT2D eigenvalue weighted by atomic mass is 16.5. The van der Waals surface area contributed by atoms with E-state index < -0.39 is 0 Å². The molecule has 6 nitrogen and oxygen atoms in total. The first-order chi connectivity index (χ1) is 9.12. The van der Waals surface area contributed by atoms with Gasteiger partial charge in [0.1, 0.15) is 0 Å². The Hall–Kier alpha value is -1.95. The molecule has 0 radical (unpaired) electrons. The molecule has 6 heteroatoms.